The maximum absolute atomic E-state index is 9.49. The predicted molar refractivity (Wildman–Crippen MR) is 68.5 cm³/mol. The second-order valence-electron chi connectivity index (χ2n) is 4.55. The third kappa shape index (κ3) is 3.00. The Morgan fingerprint density at radius 3 is 2.71 bits per heavy atom. The molecule has 17 heavy (non-hydrogen) atoms. The second-order valence-corrected chi connectivity index (χ2v) is 5.30. The average molecular weight is 276 g/mol. The molecule has 0 saturated heterocycles. The van der Waals surface area contributed by atoms with Gasteiger partial charge in [0.1, 0.15) is 10.8 Å². The van der Waals surface area contributed by atoms with Crippen LogP contribution in [0, 0.1) is 5.41 Å². The number of aromatic nitrogens is 2. The molecule has 1 aromatic heterocycles. The van der Waals surface area contributed by atoms with Crippen molar-refractivity contribution in [1.82, 2.24) is 9.97 Å². The minimum absolute atomic E-state index is 0.0409. The quantitative estimate of drug-likeness (QED) is 0.830. The molecule has 2 N–H and O–H groups in total. The molecule has 2 rings (SSSR count). The van der Waals surface area contributed by atoms with E-state index < -0.39 is 0 Å². The Bertz CT molecular complexity index is 394. The number of nitrogens with one attached hydrogen (secondary N) is 1. The van der Waals surface area contributed by atoms with E-state index in [-0.39, 0.29) is 17.3 Å². The third-order valence-corrected chi connectivity index (χ3v) is 3.80. The van der Waals surface area contributed by atoms with E-state index in [0.29, 0.717) is 17.4 Å². The molecular weight excluding hydrogens is 261 g/mol. The summed E-state index contributed by atoms with van der Waals surface area (Å²) < 4.78 is 0. The lowest BCUT2D eigenvalue weighted by Gasteiger charge is -2.27. The van der Waals surface area contributed by atoms with Gasteiger partial charge in [0, 0.05) is 12.0 Å². The maximum atomic E-state index is 9.49. The van der Waals surface area contributed by atoms with Gasteiger partial charge in [-0.15, -0.1) is 0 Å². The first-order valence-electron chi connectivity index (χ1n) is 5.68. The molecule has 0 atom stereocenters. The summed E-state index contributed by atoms with van der Waals surface area (Å²) in [7, 11) is 0. The fraction of sp³-hybridized carbons (Fsp3) is 0.636. The molecule has 0 amide bonds. The molecule has 0 aromatic carbocycles. The molecular formula is C11H15Cl2N3O. The highest BCUT2D eigenvalue weighted by Crippen LogP contribution is 2.38. The second kappa shape index (κ2) is 5.38. The van der Waals surface area contributed by atoms with Gasteiger partial charge in [0.2, 0.25) is 5.28 Å². The fourth-order valence-corrected chi connectivity index (χ4v) is 2.55. The first-order chi connectivity index (χ1) is 8.15. The van der Waals surface area contributed by atoms with Crippen LogP contribution in [0.25, 0.3) is 0 Å². The maximum Gasteiger partial charge on any atom is 0.224 e. The van der Waals surface area contributed by atoms with Crippen molar-refractivity contribution in [3.63, 3.8) is 0 Å². The number of hydrogen-bond donors (Lipinski definition) is 2. The van der Waals surface area contributed by atoms with Crippen molar-refractivity contribution in [2.45, 2.75) is 25.7 Å². The number of aliphatic hydroxyl groups is 1. The summed E-state index contributed by atoms with van der Waals surface area (Å²) in [4.78, 5) is 7.82. The van der Waals surface area contributed by atoms with Crippen LogP contribution in [0.3, 0.4) is 0 Å². The topological polar surface area (TPSA) is 58.0 Å². The van der Waals surface area contributed by atoms with Gasteiger partial charge in [-0.3, -0.25) is 0 Å². The van der Waals surface area contributed by atoms with E-state index in [9.17, 15) is 5.11 Å². The summed E-state index contributed by atoms with van der Waals surface area (Å²) in [6, 6.07) is 0. The van der Waals surface area contributed by atoms with Crippen molar-refractivity contribution in [2.24, 2.45) is 5.41 Å². The monoisotopic (exact) mass is 275 g/mol. The zero-order chi connectivity index (χ0) is 12.3. The highest BCUT2D eigenvalue weighted by molar-refractivity contribution is 6.33. The van der Waals surface area contributed by atoms with Gasteiger partial charge in [-0.2, -0.15) is 4.98 Å². The zero-order valence-corrected chi connectivity index (χ0v) is 10.9. The van der Waals surface area contributed by atoms with E-state index in [1.807, 2.05) is 0 Å². The van der Waals surface area contributed by atoms with Gasteiger partial charge < -0.3 is 10.4 Å². The molecule has 4 nitrogen and oxygen atoms in total. The van der Waals surface area contributed by atoms with Crippen LogP contribution in [0.1, 0.15) is 25.7 Å². The van der Waals surface area contributed by atoms with Crippen molar-refractivity contribution in [1.29, 1.82) is 0 Å². The molecule has 6 heteroatoms. The minimum atomic E-state index is -0.0409. The summed E-state index contributed by atoms with van der Waals surface area (Å²) in [5.41, 5.74) is -0.0409. The van der Waals surface area contributed by atoms with Crippen LogP contribution in [0.2, 0.25) is 10.3 Å². The number of anilines is 1. The number of hydrogen-bond acceptors (Lipinski definition) is 4. The SMILES string of the molecule is OCC1(CNc2nc(Cl)ncc2Cl)CCCC1. The number of aliphatic hydroxyl groups excluding tert-OH is 1. The fourth-order valence-electron chi connectivity index (χ4n) is 2.26. The molecule has 1 aliphatic rings. The Kier molecular flexibility index (Phi) is 4.07. The molecule has 1 aliphatic carbocycles. The highest BCUT2D eigenvalue weighted by atomic mass is 35.5. The van der Waals surface area contributed by atoms with Crippen LogP contribution in [0.4, 0.5) is 5.82 Å². The first kappa shape index (κ1) is 12.9. The largest absolute Gasteiger partial charge is 0.396 e. The molecule has 1 heterocycles. The highest BCUT2D eigenvalue weighted by Gasteiger charge is 2.33. The minimum Gasteiger partial charge on any atom is -0.396 e. The Balaban J connectivity index is 2.03. The molecule has 1 fully saturated rings. The predicted octanol–water partition coefficient (Wildman–Crippen LogP) is 2.75. The lowest BCUT2D eigenvalue weighted by Crippen LogP contribution is -2.30. The van der Waals surface area contributed by atoms with Crippen molar-refractivity contribution in [2.75, 3.05) is 18.5 Å². The first-order valence-corrected chi connectivity index (χ1v) is 6.44. The van der Waals surface area contributed by atoms with Crippen LogP contribution in [-0.4, -0.2) is 28.2 Å². The van der Waals surface area contributed by atoms with E-state index in [4.69, 9.17) is 23.2 Å². The van der Waals surface area contributed by atoms with E-state index >= 15 is 0 Å². The Labute approximate surface area is 110 Å². The number of rotatable bonds is 4. The number of halogens is 2. The summed E-state index contributed by atoms with van der Waals surface area (Å²) >= 11 is 11.7. The van der Waals surface area contributed by atoms with E-state index in [2.05, 4.69) is 15.3 Å². The molecule has 0 bridgehead atoms. The van der Waals surface area contributed by atoms with Crippen molar-refractivity contribution in [3.05, 3.63) is 16.5 Å². The summed E-state index contributed by atoms with van der Waals surface area (Å²) in [6.07, 6.45) is 5.88. The van der Waals surface area contributed by atoms with Crippen molar-refractivity contribution in [3.8, 4) is 0 Å². The van der Waals surface area contributed by atoms with Crippen LogP contribution in [-0.2, 0) is 0 Å². The van der Waals surface area contributed by atoms with Gasteiger partial charge in [-0.05, 0) is 24.4 Å². The average Bonchev–Trinajstić information content (AvgIpc) is 2.80. The normalized spacial score (nSPS) is 18.3. The Morgan fingerprint density at radius 2 is 2.06 bits per heavy atom. The third-order valence-electron chi connectivity index (χ3n) is 3.35. The molecule has 94 valence electrons. The van der Waals surface area contributed by atoms with Gasteiger partial charge in [0.15, 0.2) is 0 Å². The van der Waals surface area contributed by atoms with E-state index in [1.165, 1.54) is 19.0 Å². The van der Waals surface area contributed by atoms with Crippen molar-refractivity contribution < 1.29 is 5.11 Å². The van der Waals surface area contributed by atoms with Gasteiger partial charge in [0.25, 0.3) is 0 Å². The Morgan fingerprint density at radius 1 is 1.35 bits per heavy atom. The summed E-state index contributed by atoms with van der Waals surface area (Å²) in [5.74, 6) is 0.534. The standard InChI is InChI=1S/C11H15Cl2N3O/c12-8-5-14-10(13)16-9(8)15-6-11(7-17)3-1-2-4-11/h5,17H,1-4,6-7H2,(H,14,15,16). The summed E-state index contributed by atoms with van der Waals surface area (Å²) in [6.45, 7) is 0.854. The molecule has 0 spiro atoms. The van der Waals surface area contributed by atoms with E-state index in [0.717, 1.165) is 12.8 Å². The zero-order valence-electron chi connectivity index (χ0n) is 9.42. The lowest BCUT2D eigenvalue weighted by molar-refractivity contribution is 0.142. The molecule has 1 saturated carbocycles. The number of nitrogens with zero attached hydrogens (tertiary/aromatic N) is 2. The van der Waals surface area contributed by atoms with Gasteiger partial charge >= 0.3 is 0 Å². The van der Waals surface area contributed by atoms with Gasteiger partial charge in [0.05, 0.1) is 12.8 Å². The van der Waals surface area contributed by atoms with E-state index in [1.54, 1.807) is 0 Å². The Hall–Kier alpha value is -0.580. The lowest BCUT2D eigenvalue weighted by atomic mass is 9.87. The molecule has 0 unspecified atom stereocenters. The van der Waals surface area contributed by atoms with Crippen LogP contribution >= 0.6 is 23.2 Å². The van der Waals surface area contributed by atoms with Crippen molar-refractivity contribution >= 4 is 29.0 Å². The van der Waals surface area contributed by atoms with Crippen LogP contribution < -0.4 is 5.32 Å². The summed E-state index contributed by atoms with van der Waals surface area (Å²) in [5, 5.41) is 13.3. The van der Waals surface area contributed by atoms with Gasteiger partial charge in [-0.25, -0.2) is 4.98 Å². The van der Waals surface area contributed by atoms with Crippen LogP contribution in [0.5, 0.6) is 0 Å². The molecule has 1 aromatic rings. The molecule has 0 radical (unpaired) electrons. The van der Waals surface area contributed by atoms with Crippen LogP contribution in [0.15, 0.2) is 6.20 Å². The van der Waals surface area contributed by atoms with Gasteiger partial charge in [-0.1, -0.05) is 24.4 Å². The smallest absolute Gasteiger partial charge is 0.224 e. The molecule has 0 aliphatic heterocycles.